The fourth-order valence-electron chi connectivity index (χ4n) is 7.79. The van der Waals surface area contributed by atoms with Gasteiger partial charge in [-0.15, -0.1) is 0 Å². The predicted molar refractivity (Wildman–Crippen MR) is 249 cm³/mol. The van der Waals surface area contributed by atoms with Crippen molar-refractivity contribution in [1.29, 1.82) is 0 Å². The summed E-state index contributed by atoms with van der Waals surface area (Å²) >= 11 is 0. The zero-order valence-electron chi connectivity index (χ0n) is 39.5. The van der Waals surface area contributed by atoms with E-state index in [1.54, 1.807) is 0 Å². The van der Waals surface area contributed by atoms with Crippen molar-refractivity contribution in [2.45, 2.75) is 246 Å². The molecular formula is C50H101N3O5. The number of carbonyl (C=O) groups is 2. The Balaban J connectivity index is 4.44. The van der Waals surface area contributed by atoms with Gasteiger partial charge in [0.2, 0.25) is 0 Å². The van der Waals surface area contributed by atoms with Gasteiger partial charge in [0.05, 0.1) is 13.2 Å². The molecule has 0 aromatic heterocycles. The summed E-state index contributed by atoms with van der Waals surface area (Å²) in [7, 11) is 0. The lowest BCUT2D eigenvalue weighted by Crippen LogP contribution is -2.33. The maximum absolute atomic E-state index is 13.0. The zero-order valence-corrected chi connectivity index (χ0v) is 39.5. The molecule has 0 unspecified atom stereocenters. The third-order valence-corrected chi connectivity index (χ3v) is 11.7. The molecule has 58 heavy (non-hydrogen) atoms. The normalized spacial score (nSPS) is 11.4. The van der Waals surface area contributed by atoms with E-state index in [1.807, 2.05) is 9.80 Å². The van der Waals surface area contributed by atoms with Gasteiger partial charge in [-0.2, -0.15) is 0 Å². The van der Waals surface area contributed by atoms with Gasteiger partial charge in [-0.1, -0.05) is 182 Å². The summed E-state index contributed by atoms with van der Waals surface area (Å²) in [4.78, 5) is 32.6. The summed E-state index contributed by atoms with van der Waals surface area (Å²) in [6, 6.07) is 0. The highest BCUT2D eigenvalue weighted by atomic mass is 16.6. The van der Waals surface area contributed by atoms with Crippen molar-refractivity contribution in [1.82, 2.24) is 14.7 Å². The molecule has 2 amide bonds. The van der Waals surface area contributed by atoms with Crippen molar-refractivity contribution in [3.8, 4) is 0 Å². The minimum Gasteiger partial charge on any atom is -0.449 e. The second-order valence-electron chi connectivity index (χ2n) is 17.4. The molecule has 0 saturated carbocycles. The Morgan fingerprint density at radius 2 is 0.569 bits per heavy atom. The SMILES string of the molecule is CCCCCCCCN(CCCCCCCC)C(=O)OCCCCCCN(CCCCO)CCCCCCOC(=O)N(CCCCCCCC)CCCCCCCC. The molecule has 0 aromatic carbocycles. The van der Waals surface area contributed by atoms with Crippen LogP contribution >= 0.6 is 0 Å². The summed E-state index contributed by atoms with van der Waals surface area (Å²) in [5.41, 5.74) is 0. The molecular weight excluding hydrogens is 723 g/mol. The molecule has 0 fully saturated rings. The highest BCUT2D eigenvalue weighted by Crippen LogP contribution is 2.14. The molecule has 1 N–H and O–H groups in total. The maximum Gasteiger partial charge on any atom is 0.409 e. The van der Waals surface area contributed by atoms with Crippen molar-refractivity contribution in [3.63, 3.8) is 0 Å². The quantitative estimate of drug-likeness (QED) is 0.0616. The van der Waals surface area contributed by atoms with Crippen LogP contribution in [0.15, 0.2) is 0 Å². The number of rotatable bonds is 46. The van der Waals surface area contributed by atoms with Crippen LogP contribution in [-0.4, -0.2) is 97.6 Å². The molecule has 0 radical (unpaired) electrons. The fourth-order valence-corrected chi connectivity index (χ4v) is 7.79. The molecule has 0 bridgehead atoms. The van der Waals surface area contributed by atoms with Gasteiger partial charge in [0, 0.05) is 32.8 Å². The van der Waals surface area contributed by atoms with Crippen molar-refractivity contribution in [3.05, 3.63) is 0 Å². The average molecular weight is 824 g/mol. The number of hydrogen-bond donors (Lipinski definition) is 1. The second kappa shape index (κ2) is 46.5. The summed E-state index contributed by atoms with van der Waals surface area (Å²) in [5.74, 6) is 0. The molecule has 0 aliphatic heterocycles. The number of amides is 2. The van der Waals surface area contributed by atoms with E-state index in [0.29, 0.717) is 13.2 Å². The van der Waals surface area contributed by atoms with Crippen LogP contribution in [0.3, 0.4) is 0 Å². The Kier molecular flexibility index (Phi) is 45.3. The smallest absolute Gasteiger partial charge is 0.409 e. The standard InChI is InChI=1S/C50H101N3O5/c1-5-9-13-17-21-31-42-52(43-32-22-18-14-10-6-2)49(55)57-47-37-27-25-29-39-51(41-35-36-46-54)40-30-26-28-38-48-58-50(56)53(44-33-23-19-15-11-7-3)45-34-24-20-16-12-8-4/h54H,5-48H2,1-4H3. The van der Waals surface area contributed by atoms with Gasteiger partial charge in [0.25, 0.3) is 0 Å². The van der Waals surface area contributed by atoms with E-state index in [2.05, 4.69) is 32.6 Å². The lowest BCUT2D eigenvalue weighted by atomic mass is 10.1. The Labute approximate surface area is 361 Å². The Morgan fingerprint density at radius 1 is 0.328 bits per heavy atom. The highest BCUT2D eigenvalue weighted by molar-refractivity contribution is 5.67. The van der Waals surface area contributed by atoms with Crippen LogP contribution in [0, 0.1) is 0 Å². The topological polar surface area (TPSA) is 82.5 Å². The first kappa shape index (κ1) is 56.5. The van der Waals surface area contributed by atoms with Gasteiger partial charge >= 0.3 is 12.2 Å². The van der Waals surface area contributed by atoms with Crippen molar-refractivity contribution >= 4 is 12.2 Å². The molecule has 0 aromatic rings. The van der Waals surface area contributed by atoms with Gasteiger partial charge < -0.3 is 29.3 Å². The Hall–Kier alpha value is -1.54. The van der Waals surface area contributed by atoms with Crippen molar-refractivity contribution < 1.29 is 24.2 Å². The number of hydrogen-bond acceptors (Lipinski definition) is 6. The molecule has 8 nitrogen and oxygen atoms in total. The van der Waals surface area contributed by atoms with Crippen LogP contribution in [0.25, 0.3) is 0 Å². The molecule has 8 heteroatoms. The van der Waals surface area contributed by atoms with Crippen molar-refractivity contribution in [2.24, 2.45) is 0 Å². The fraction of sp³-hybridized carbons (Fsp3) is 0.960. The average Bonchev–Trinajstić information content (AvgIpc) is 3.23. The van der Waals surface area contributed by atoms with E-state index in [9.17, 15) is 14.7 Å². The third-order valence-electron chi connectivity index (χ3n) is 11.7. The van der Waals surface area contributed by atoms with Gasteiger partial charge in [0.15, 0.2) is 0 Å². The Bertz CT molecular complexity index is 752. The van der Waals surface area contributed by atoms with E-state index in [-0.39, 0.29) is 18.8 Å². The maximum atomic E-state index is 13.0. The van der Waals surface area contributed by atoms with Crippen LogP contribution in [-0.2, 0) is 9.47 Å². The predicted octanol–water partition coefficient (Wildman–Crippen LogP) is 14.5. The molecule has 0 saturated heterocycles. The highest BCUT2D eigenvalue weighted by Gasteiger charge is 2.16. The third kappa shape index (κ3) is 38.6. The summed E-state index contributed by atoms with van der Waals surface area (Å²) < 4.78 is 11.6. The van der Waals surface area contributed by atoms with Gasteiger partial charge in [-0.05, 0) is 83.8 Å². The van der Waals surface area contributed by atoms with Crippen LogP contribution in [0.1, 0.15) is 246 Å². The van der Waals surface area contributed by atoms with Crippen LogP contribution in [0.2, 0.25) is 0 Å². The zero-order chi connectivity index (χ0) is 42.4. The number of unbranched alkanes of at least 4 members (excludes halogenated alkanes) is 27. The van der Waals surface area contributed by atoms with E-state index in [0.717, 1.165) is 136 Å². The van der Waals surface area contributed by atoms with Crippen LogP contribution in [0.5, 0.6) is 0 Å². The van der Waals surface area contributed by atoms with E-state index >= 15 is 0 Å². The number of ether oxygens (including phenoxy) is 2. The molecule has 0 aliphatic rings. The molecule has 0 rings (SSSR count). The summed E-state index contributed by atoms with van der Waals surface area (Å²) in [6.07, 6.45) is 40.0. The lowest BCUT2D eigenvalue weighted by molar-refractivity contribution is 0.0982. The minimum absolute atomic E-state index is 0.107. The van der Waals surface area contributed by atoms with Gasteiger partial charge in [-0.3, -0.25) is 0 Å². The summed E-state index contributed by atoms with van der Waals surface area (Å²) in [6.45, 7) is 16.8. The van der Waals surface area contributed by atoms with Crippen molar-refractivity contribution in [2.75, 3.05) is 65.6 Å². The van der Waals surface area contributed by atoms with E-state index in [4.69, 9.17) is 9.47 Å². The lowest BCUT2D eigenvalue weighted by Gasteiger charge is -2.23. The van der Waals surface area contributed by atoms with Crippen LogP contribution < -0.4 is 0 Å². The summed E-state index contributed by atoms with van der Waals surface area (Å²) in [5, 5.41) is 9.35. The first-order chi connectivity index (χ1) is 28.5. The largest absolute Gasteiger partial charge is 0.449 e. The number of nitrogens with zero attached hydrogens (tertiary/aromatic N) is 3. The Morgan fingerprint density at radius 3 is 0.862 bits per heavy atom. The second-order valence-corrected chi connectivity index (χ2v) is 17.4. The van der Waals surface area contributed by atoms with Gasteiger partial charge in [0.1, 0.15) is 0 Å². The number of aliphatic hydroxyl groups is 1. The molecule has 0 spiro atoms. The van der Waals surface area contributed by atoms with Gasteiger partial charge in [-0.25, -0.2) is 9.59 Å². The van der Waals surface area contributed by atoms with E-state index in [1.165, 1.54) is 128 Å². The monoisotopic (exact) mass is 824 g/mol. The molecule has 346 valence electrons. The minimum atomic E-state index is -0.107. The first-order valence-corrected chi connectivity index (χ1v) is 25.7. The molecule has 0 atom stereocenters. The molecule has 0 aliphatic carbocycles. The van der Waals surface area contributed by atoms with Crippen LogP contribution in [0.4, 0.5) is 9.59 Å². The van der Waals surface area contributed by atoms with E-state index < -0.39 is 0 Å². The molecule has 0 heterocycles. The number of aliphatic hydroxyl groups excluding tert-OH is 1. The first-order valence-electron chi connectivity index (χ1n) is 25.7. The number of carbonyl (C=O) groups excluding carboxylic acids is 2.